The van der Waals surface area contributed by atoms with Crippen molar-refractivity contribution in [3.8, 4) is 0 Å². The van der Waals surface area contributed by atoms with Crippen molar-refractivity contribution >= 4 is 23.4 Å². The summed E-state index contributed by atoms with van der Waals surface area (Å²) >= 11 is 0. The van der Waals surface area contributed by atoms with Gasteiger partial charge < -0.3 is 15.7 Å². The molecule has 4 N–H and O–H groups in total. The molecule has 3 aliphatic rings. The average molecular weight is 358 g/mol. The molecule has 3 heterocycles. The van der Waals surface area contributed by atoms with Crippen molar-refractivity contribution in [3.05, 3.63) is 29.8 Å². The molecular weight excluding hydrogens is 334 g/mol. The van der Waals surface area contributed by atoms with E-state index in [1.165, 1.54) is 4.90 Å². The first-order valence-corrected chi connectivity index (χ1v) is 9.16. The van der Waals surface area contributed by atoms with Crippen LogP contribution in [-0.2, 0) is 19.9 Å². The van der Waals surface area contributed by atoms with E-state index in [0.29, 0.717) is 12.1 Å². The van der Waals surface area contributed by atoms with Gasteiger partial charge in [-0.1, -0.05) is 25.1 Å². The van der Waals surface area contributed by atoms with E-state index in [2.05, 4.69) is 5.32 Å². The van der Waals surface area contributed by atoms with Crippen LogP contribution in [0, 0.1) is 11.8 Å². The Bertz CT molecular complexity index is 808. The van der Waals surface area contributed by atoms with Gasteiger partial charge in [-0.25, -0.2) is 0 Å². The van der Waals surface area contributed by atoms with Gasteiger partial charge in [0.15, 0.2) is 0 Å². The maximum Gasteiger partial charge on any atom is 0.291 e. The lowest BCUT2D eigenvalue weighted by Crippen LogP contribution is -3.00. The van der Waals surface area contributed by atoms with E-state index in [1.807, 2.05) is 32.0 Å². The molecule has 4 rings (SSSR count). The van der Waals surface area contributed by atoms with Gasteiger partial charge in [-0.2, -0.15) is 0 Å². The lowest BCUT2D eigenvalue weighted by atomic mass is 9.76. The number of hydrogen-bond acceptors (Lipinski definition) is 4. The minimum absolute atomic E-state index is 0.230. The Kier molecular flexibility index (Phi) is 3.71. The van der Waals surface area contributed by atoms with Crippen molar-refractivity contribution in [2.75, 3.05) is 5.32 Å². The molecule has 0 aliphatic carbocycles. The number of anilines is 1. The van der Waals surface area contributed by atoms with Crippen molar-refractivity contribution in [3.63, 3.8) is 0 Å². The van der Waals surface area contributed by atoms with E-state index in [9.17, 15) is 19.5 Å². The van der Waals surface area contributed by atoms with Crippen LogP contribution < -0.4 is 10.6 Å². The van der Waals surface area contributed by atoms with Crippen LogP contribution in [0.25, 0.3) is 0 Å². The third kappa shape index (κ3) is 1.92. The maximum atomic E-state index is 13.3. The lowest BCUT2D eigenvalue weighted by molar-refractivity contribution is -0.738. The van der Waals surface area contributed by atoms with Crippen LogP contribution in [0.5, 0.6) is 0 Å². The van der Waals surface area contributed by atoms with E-state index in [0.717, 1.165) is 5.56 Å². The molecule has 0 bridgehead atoms. The largest absolute Gasteiger partial charge is 0.387 e. The van der Waals surface area contributed by atoms with Gasteiger partial charge in [0.05, 0.1) is 5.69 Å². The summed E-state index contributed by atoms with van der Waals surface area (Å²) in [6.07, 6.45) is -0.175. The Hall–Kier alpha value is -2.25. The quantitative estimate of drug-likeness (QED) is 0.637. The highest BCUT2D eigenvalue weighted by atomic mass is 16.3. The van der Waals surface area contributed by atoms with Gasteiger partial charge in [0, 0.05) is 11.6 Å². The first-order valence-electron chi connectivity index (χ1n) is 9.16. The van der Waals surface area contributed by atoms with Gasteiger partial charge in [0.1, 0.15) is 24.0 Å². The van der Waals surface area contributed by atoms with Gasteiger partial charge >= 0.3 is 0 Å². The lowest BCUT2D eigenvalue weighted by Gasteiger charge is -2.29. The number of quaternary nitrogens is 1. The first kappa shape index (κ1) is 17.2. The van der Waals surface area contributed by atoms with Gasteiger partial charge in [-0.3, -0.25) is 19.3 Å². The number of likely N-dealkylation sites (tertiary alicyclic amines) is 1. The number of benzene rings is 1. The van der Waals surface area contributed by atoms with Gasteiger partial charge in [-0.15, -0.1) is 0 Å². The summed E-state index contributed by atoms with van der Waals surface area (Å²) in [5, 5.41) is 14.9. The Labute approximate surface area is 151 Å². The normalized spacial score (nSPS) is 34.8. The molecule has 0 saturated carbocycles. The zero-order chi connectivity index (χ0) is 18.8. The summed E-state index contributed by atoms with van der Waals surface area (Å²) in [7, 11) is 0. The number of para-hydroxylation sites is 1. The zero-order valence-electron chi connectivity index (χ0n) is 15.1. The third-order valence-electron chi connectivity index (χ3n) is 6.33. The predicted octanol–water partition coefficient (Wildman–Crippen LogP) is -0.440. The number of aliphatic hydroxyl groups is 1. The van der Waals surface area contributed by atoms with Crippen LogP contribution in [0.3, 0.4) is 0 Å². The van der Waals surface area contributed by atoms with Crippen molar-refractivity contribution in [2.45, 2.75) is 50.9 Å². The maximum absolute atomic E-state index is 13.3. The van der Waals surface area contributed by atoms with Crippen LogP contribution in [-0.4, -0.2) is 45.9 Å². The highest BCUT2D eigenvalue weighted by molar-refractivity contribution is 6.14. The van der Waals surface area contributed by atoms with E-state index in [-0.39, 0.29) is 23.8 Å². The molecule has 0 unspecified atom stereocenters. The summed E-state index contributed by atoms with van der Waals surface area (Å²) in [4.78, 5) is 40.8. The fourth-order valence-corrected chi connectivity index (χ4v) is 4.92. The van der Waals surface area contributed by atoms with Crippen LogP contribution in [0.2, 0.25) is 0 Å². The van der Waals surface area contributed by atoms with Crippen molar-refractivity contribution in [1.29, 1.82) is 0 Å². The number of hydrogen-bond donors (Lipinski definition) is 3. The monoisotopic (exact) mass is 358 g/mol. The molecule has 1 aromatic carbocycles. The van der Waals surface area contributed by atoms with Crippen molar-refractivity contribution in [1.82, 2.24) is 4.90 Å². The Morgan fingerprint density at radius 1 is 1.23 bits per heavy atom. The molecule has 6 atom stereocenters. The second kappa shape index (κ2) is 5.62. The van der Waals surface area contributed by atoms with Crippen LogP contribution in [0.15, 0.2) is 24.3 Å². The van der Waals surface area contributed by atoms with E-state index in [1.54, 1.807) is 18.3 Å². The van der Waals surface area contributed by atoms with Crippen molar-refractivity contribution in [2.24, 2.45) is 11.8 Å². The standard InChI is InChI=1S/C19H23N3O4/c1-4-9(2)22-16(24)13-14(17(22)25)19(21-15(13)10(3)23)11-7-5-6-8-12(11)20-18(19)26/h5-10,13-15,21,23H,4H2,1-3H3,(H,20,26)/p+1/t9-,10-,13+,14+,15+,19+/m1/s1. The summed E-state index contributed by atoms with van der Waals surface area (Å²) in [6, 6.07) is 6.51. The van der Waals surface area contributed by atoms with Gasteiger partial charge in [0.2, 0.25) is 17.4 Å². The van der Waals surface area contributed by atoms with Gasteiger partial charge in [-0.05, 0) is 26.3 Å². The molecule has 2 fully saturated rings. The number of imide groups is 1. The molecule has 3 aliphatic heterocycles. The number of nitrogens with one attached hydrogen (secondary N) is 1. The number of nitrogens with zero attached hydrogens (tertiary/aromatic N) is 1. The third-order valence-corrected chi connectivity index (χ3v) is 6.33. The number of carbonyl (C=O) groups is 3. The molecule has 7 heteroatoms. The summed E-state index contributed by atoms with van der Waals surface area (Å²) < 4.78 is 0. The molecule has 0 aromatic heterocycles. The second-order valence-electron chi connectivity index (χ2n) is 7.66. The minimum Gasteiger partial charge on any atom is -0.387 e. The molecule has 2 saturated heterocycles. The topological polar surface area (TPSA) is 103 Å². The zero-order valence-corrected chi connectivity index (χ0v) is 15.1. The Morgan fingerprint density at radius 2 is 1.92 bits per heavy atom. The molecule has 26 heavy (non-hydrogen) atoms. The highest BCUT2D eigenvalue weighted by Crippen LogP contribution is 2.49. The second-order valence-corrected chi connectivity index (χ2v) is 7.66. The molecule has 0 radical (unpaired) electrons. The number of fused-ring (bicyclic) bond motifs is 4. The van der Waals surface area contributed by atoms with Gasteiger partial charge in [0.25, 0.3) is 5.91 Å². The highest BCUT2D eigenvalue weighted by Gasteiger charge is 2.75. The fraction of sp³-hybridized carbons (Fsp3) is 0.526. The molecule has 138 valence electrons. The number of rotatable bonds is 3. The van der Waals surface area contributed by atoms with E-state index >= 15 is 0 Å². The first-order chi connectivity index (χ1) is 12.3. The van der Waals surface area contributed by atoms with Crippen molar-refractivity contribution < 1.29 is 24.8 Å². The SMILES string of the molecule is CC[C@@H](C)N1C(=O)[C@@H]2[C@H]([C@@H](C)O)[NH2+][C@]3(C(=O)Nc4ccccc43)[C@@H]2C1=O. The minimum atomic E-state index is -1.20. The molecule has 1 spiro atoms. The van der Waals surface area contributed by atoms with Crippen LogP contribution in [0.4, 0.5) is 5.69 Å². The Balaban J connectivity index is 1.90. The summed E-state index contributed by atoms with van der Waals surface area (Å²) in [5.74, 6) is -2.36. The summed E-state index contributed by atoms with van der Waals surface area (Å²) in [6.45, 7) is 5.37. The predicted molar refractivity (Wildman–Crippen MR) is 92.7 cm³/mol. The number of carbonyl (C=O) groups excluding carboxylic acids is 3. The number of nitrogens with two attached hydrogens (primary N) is 1. The fourth-order valence-electron chi connectivity index (χ4n) is 4.92. The molecular formula is C19H24N3O4+. The summed E-state index contributed by atoms with van der Waals surface area (Å²) in [5.41, 5.74) is 0.189. The smallest absolute Gasteiger partial charge is 0.291 e. The number of aliphatic hydroxyl groups excluding tert-OH is 1. The average Bonchev–Trinajstić information content (AvgIpc) is 3.20. The van der Waals surface area contributed by atoms with E-state index < -0.39 is 29.5 Å². The Morgan fingerprint density at radius 3 is 2.58 bits per heavy atom. The molecule has 7 nitrogen and oxygen atoms in total. The molecule has 3 amide bonds. The van der Waals surface area contributed by atoms with Crippen LogP contribution >= 0.6 is 0 Å². The van der Waals surface area contributed by atoms with E-state index in [4.69, 9.17) is 0 Å². The van der Waals surface area contributed by atoms with Crippen LogP contribution in [0.1, 0.15) is 32.8 Å². The number of amides is 3. The molecule has 1 aromatic rings.